The van der Waals surface area contributed by atoms with E-state index in [9.17, 15) is 23.1 Å². The molecule has 0 heterocycles. The monoisotopic (exact) mass is 312 g/mol. The van der Waals surface area contributed by atoms with Gasteiger partial charge in [0.2, 0.25) is 0 Å². The number of aliphatic hydroxyl groups excluding tert-OH is 1. The van der Waals surface area contributed by atoms with E-state index in [2.05, 4.69) is 4.74 Å². The summed E-state index contributed by atoms with van der Waals surface area (Å²) in [4.78, 5) is 10.8. The zero-order chi connectivity index (χ0) is 16.3. The number of carboxylic acid groups (broad SMARTS) is 1. The number of benzene rings is 2. The van der Waals surface area contributed by atoms with E-state index in [4.69, 9.17) is 5.11 Å². The predicted molar refractivity (Wildman–Crippen MR) is 71.2 cm³/mol. The minimum absolute atomic E-state index is 0.132. The van der Waals surface area contributed by atoms with Gasteiger partial charge < -0.3 is 14.9 Å². The van der Waals surface area contributed by atoms with Gasteiger partial charge in [0.1, 0.15) is 5.75 Å². The Balaban J connectivity index is 2.34. The molecule has 4 nitrogen and oxygen atoms in total. The van der Waals surface area contributed by atoms with Crippen molar-refractivity contribution in [1.29, 1.82) is 0 Å². The van der Waals surface area contributed by atoms with Crippen molar-refractivity contribution in [3.05, 3.63) is 54.1 Å². The van der Waals surface area contributed by atoms with E-state index in [1.54, 1.807) is 12.1 Å². The fourth-order valence-electron chi connectivity index (χ4n) is 1.90. The SMILES string of the molecule is O=C(O)C(O)c1cccc(-c2cccc(OC(F)(F)F)c2)c1. The number of aliphatic carboxylic acids is 1. The van der Waals surface area contributed by atoms with E-state index in [-0.39, 0.29) is 11.3 Å². The Morgan fingerprint density at radius 3 is 2.23 bits per heavy atom. The number of ether oxygens (including phenoxy) is 1. The summed E-state index contributed by atoms with van der Waals surface area (Å²) < 4.78 is 40.5. The number of carboxylic acids is 1. The van der Waals surface area contributed by atoms with E-state index < -0.39 is 18.4 Å². The maximum Gasteiger partial charge on any atom is 0.573 e. The first-order valence-electron chi connectivity index (χ1n) is 6.13. The van der Waals surface area contributed by atoms with E-state index in [0.29, 0.717) is 11.1 Å². The highest BCUT2D eigenvalue weighted by atomic mass is 19.4. The van der Waals surface area contributed by atoms with Crippen LogP contribution in [-0.4, -0.2) is 22.5 Å². The molecular formula is C15H11F3O4. The summed E-state index contributed by atoms with van der Waals surface area (Å²) >= 11 is 0. The molecule has 0 fully saturated rings. The molecule has 0 aromatic heterocycles. The number of alkyl halides is 3. The van der Waals surface area contributed by atoms with Gasteiger partial charge in [-0.3, -0.25) is 0 Å². The molecule has 2 aromatic rings. The smallest absolute Gasteiger partial charge is 0.479 e. The third-order valence-electron chi connectivity index (χ3n) is 2.84. The summed E-state index contributed by atoms with van der Waals surface area (Å²) in [6.45, 7) is 0. The Labute approximate surface area is 123 Å². The van der Waals surface area contributed by atoms with Crippen LogP contribution >= 0.6 is 0 Å². The quantitative estimate of drug-likeness (QED) is 0.908. The predicted octanol–water partition coefficient (Wildman–Crippen LogP) is 3.37. The molecule has 7 heteroatoms. The van der Waals surface area contributed by atoms with Gasteiger partial charge in [-0.2, -0.15) is 0 Å². The highest BCUT2D eigenvalue weighted by molar-refractivity contribution is 5.75. The molecule has 2 N–H and O–H groups in total. The van der Waals surface area contributed by atoms with Gasteiger partial charge in [-0.05, 0) is 34.9 Å². The highest BCUT2D eigenvalue weighted by Crippen LogP contribution is 2.29. The fraction of sp³-hybridized carbons (Fsp3) is 0.133. The summed E-state index contributed by atoms with van der Waals surface area (Å²) in [5.41, 5.74) is 0.999. The highest BCUT2D eigenvalue weighted by Gasteiger charge is 2.31. The van der Waals surface area contributed by atoms with Crippen molar-refractivity contribution >= 4 is 5.97 Å². The van der Waals surface area contributed by atoms with E-state index >= 15 is 0 Å². The molecule has 0 radical (unpaired) electrons. The fourth-order valence-corrected chi connectivity index (χ4v) is 1.90. The second kappa shape index (κ2) is 6.07. The van der Waals surface area contributed by atoms with E-state index in [1.807, 2.05) is 0 Å². The number of aliphatic hydroxyl groups is 1. The van der Waals surface area contributed by atoms with Crippen molar-refractivity contribution in [2.24, 2.45) is 0 Å². The maximum atomic E-state index is 12.2. The number of halogens is 3. The van der Waals surface area contributed by atoms with Crippen LogP contribution < -0.4 is 4.74 Å². The number of rotatable bonds is 4. The van der Waals surface area contributed by atoms with Gasteiger partial charge in [0.15, 0.2) is 6.10 Å². The van der Waals surface area contributed by atoms with Crippen LogP contribution in [0.1, 0.15) is 11.7 Å². The Hall–Kier alpha value is -2.54. The van der Waals surface area contributed by atoms with Gasteiger partial charge in [-0.15, -0.1) is 13.2 Å². The first kappa shape index (κ1) is 15.8. The molecule has 1 atom stereocenters. The van der Waals surface area contributed by atoms with Crippen LogP contribution in [0, 0.1) is 0 Å². The second-order valence-corrected chi connectivity index (χ2v) is 4.44. The molecule has 0 saturated carbocycles. The number of carbonyl (C=O) groups is 1. The maximum absolute atomic E-state index is 12.2. The van der Waals surface area contributed by atoms with Crippen LogP contribution in [0.2, 0.25) is 0 Å². The van der Waals surface area contributed by atoms with Crippen LogP contribution in [0.3, 0.4) is 0 Å². The zero-order valence-corrected chi connectivity index (χ0v) is 11.0. The largest absolute Gasteiger partial charge is 0.573 e. The van der Waals surface area contributed by atoms with Gasteiger partial charge in [0, 0.05) is 0 Å². The molecule has 22 heavy (non-hydrogen) atoms. The van der Waals surface area contributed by atoms with Crippen molar-refractivity contribution in [3.8, 4) is 16.9 Å². The minimum Gasteiger partial charge on any atom is -0.479 e. The molecule has 1 unspecified atom stereocenters. The van der Waals surface area contributed by atoms with Gasteiger partial charge in [0.25, 0.3) is 0 Å². The third-order valence-corrected chi connectivity index (χ3v) is 2.84. The molecule has 0 amide bonds. The van der Waals surface area contributed by atoms with Crippen molar-refractivity contribution in [1.82, 2.24) is 0 Å². The summed E-state index contributed by atoms with van der Waals surface area (Å²) in [6.07, 6.45) is -6.49. The lowest BCUT2D eigenvalue weighted by atomic mass is 10.0. The van der Waals surface area contributed by atoms with Crippen molar-refractivity contribution < 1.29 is 32.9 Å². The van der Waals surface area contributed by atoms with Crippen LogP contribution in [-0.2, 0) is 4.79 Å². The lowest BCUT2D eigenvalue weighted by Gasteiger charge is -2.11. The number of hydrogen-bond donors (Lipinski definition) is 2. The molecule has 0 aliphatic rings. The van der Waals surface area contributed by atoms with Crippen LogP contribution in [0.5, 0.6) is 5.75 Å². The molecular weight excluding hydrogens is 301 g/mol. The first-order chi connectivity index (χ1) is 10.3. The Bertz CT molecular complexity index is 682. The van der Waals surface area contributed by atoms with Crippen LogP contribution in [0.4, 0.5) is 13.2 Å². The van der Waals surface area contributed by atoms with Crippen molar-refractivity contribution in [2.45, 2.75) is 12.5 Å². The average Bonchev–Trinajstić information content (AvgIpc) is 2.45. The molecule has 2 rings (SSSR count). The Morgan fingerprint density at radius 1 is 1.05 bits per heavy atom. The van der Waals surface area contributed by atoms with Crippen molar-refractivity contribution in [3.63, 3.8) is 0 Å². The summed E-state index contributed by atoms with van der Waals surface area (Å²) in [5.74, 6) is -1.79. The van der Waals surface area contributed by atoms with E-state index in [0.717, 1.165) is 6.07 Å². The summed E-state index contributed by atoms with van der Waals surface area (Å²) in [7, 11) is 0. The average molecular weight is 312 g/mol. The lowest BCUT2D eigenvalue weighted by Crippen LogP contribution is -2.17. The Kier molecular flexibility index (Phi) is 4.37. The van der Waals surface area contributed by atoms with Crippen LogP contribution in [0.25, 0.3) is 11.1 Å². The third kappa shape index (κ3) is 3.98. The molecule has 0 aliphatic carbocycles. The molecule has 0 spiro atoms. The summed E-state index contributed by atoms with van der Waals surface area (Å²) in [5, 5.41) is 18.3. The van der Waals surface area contributed by atoms with Gasteiger partial charge in [0.05, 0.1) is 0 Å². The van der Waals surface area contributed by atoms with Gasteiger partial charge in [-0.1, -0.05) is 30.3 Å². The number of hydrogen-bond acceptors (Lipinski definition) is 3. The van der Waals surface area contributed by atoms with E-state index in [1.165, 1.54) is 30.3 Å². The normalized spacial score (nSPS) is 12.7. The topological polar surface area (TPSA) is 66.8 Å². The lowest BCUT2D eigenvalue weighted by molar-refractivity contribution is -0.274. The standard InChI is InChI=1S/C15H11F3O4/c16-15(17,18)22-12-6-2-4-10(8-12)9-3-1-5-11(7-9)13(19)14(20)21/h1-8,13,19H,(H,20,21). The Morgan fingerprint density at radius 2 is 1.64 bits per heavy atom. The molecule has 0 aliphatic heterocycles. The van der Waals surface area contributed by atoms with Crippen molar-refractivity contribution in [2.75, 3.05) is 0 Å². The molecule has 116 valence electrons. The molecule has 0 bridgehead atoms. The summed E-state index contributed by atoms with van der Waals surface area (Å²) in [6, 6.07) is 11.2. The zero-order valence-electron chi connectivity index (χ0n) is 11.0. The van der Waals surface area contributed by atoms with Gasteiger partial charge >= 0.3 is 12.3 Å². The first-order valence-corrected chi connectivity index (χ1v) is 6.13. The molecule has 0 saturated heterocycles. The second-order valence-electron chi connectivity index (χ2n) is 4.44. The van der Waals surface area contributed by atoms with Gasteiger partial charge in [-0.25, -0.2) is 4.79 Å². The minimum atomic E-state index is -4.79. The molecule has 2 aromatic carbocycles. The van der Waals surface area contributed by atoms with Crippen LogP contribution in [0.15, 0.2) is 48.5 Å².